The zero-order valence-electron chi connectivity index (χ0n) is 15.5. The molecule has 1 heterocycles. The Balaban J connectivity index is 1.67. The minimum absolute atomic E-state index is 0.389. The van der Waals surface area contributed by atoms with Crippen LogP contribution in [0.1, 0.15) is 32.7 Å². The van der Waals surface area contributed by atoms with Crippen molar-refractivity contribution in [2.45, 2.75) is 5.38 Å². The van der Waals surface area contributed by atoms with Crippen LogP contribution in [0.4, 0.5) is 0 Å². The zero-order chi connectivity index (χ0) is 20.4. The number of hydrogen-bond donors (Lipinski definition) is 1. The highest BCUT2D eigenvalue weighted by Crippen LogP contribution is 2.31. The van der Waals surface area contributed by atoms with Crippen molar-refractivity contribution < 1.29 is 9.53 Å². The first-order valence-corrected chi connectivity index (χ1v) is 9.36. The molecule has 5 nitrogen and oxygen atoms in total. The molecule has 0 aliphatic rings. The molecule has 0 aliphatic carbocycles. The number of rotatable bonds is 4. The molecule has 1 aromatic heterocycles. The van der Waals surface area contributed by atoms with Gasteiger partial charge in [0.2, 0.25) is 0 Å². The first-order valence-electron chi connectivity index (χ1n) is 8.93. The van der Waals surface area contributed by atoms with Crippen molar-refractivity contribution in [1.29, 1.82) is 5.26 Å². The number of methoxy groups -OCH3 is 1. The van der Waals surface area contributed by atoms with Gasteiger partial charge in [-0.3, -0.25) is 0 Å². The molecule has 4 rings (SSSR count). The number of para-hydroxylation sites is 1. The monoisotopic (exact) mass is 401 g/mol. The number of carbonyl (C=O) groups excluding carboxylic acids is 1. The third-order valence-corrected chi connectivity index (χ3v) is 5.20. The van der Waals surface area contributed by atoms with Gasteiger partial charge in [0.25, 0.3) is 0 Å². The molecular weight excluding hydrogens is 386 g/mol. The molecule has 142 valence electrons. The zero-order valence-corrected chi connectivity index (χ0v) is 16.3. The number of H-pyrrole nitrogens is 1. The molecule has 3 aromatic carbocycles. The number of hydrogen-bond acceptors (Lipinski definition) is 4. The van der Waals surface area contributed by atoms with E-state index in [1.165, 1.54) is 7.11 Å². The smallest absolute Gasteiger partial charge is 0.340 e. The number of alkyl halides is 1. The van der Waals surface area contributed by atoms with E-state index in [0.29, 0.717) is 28.0 Å². The van der Waals surface area contributed by atoms with Crippen LogP contribution in [0, 0.1) is 11.3 Å². The molecular formula is C23H16ClN3O2. The Morgan fingerprint density at radius 1 is 1.10 bits per heavy atom. The molecule has 1 N–H and O–H groups in total. The summed E-state index contributed by atoms with van der Waals surface area (Å²) in [5.41, 5.74) is 4.91. The summed E-state index contributed by atoms with van der Waals surface area (Å²) in [5.74, 6) is 0.100. The first kappa shape index (κ1) is 18.7. The van der Waals surface area contributed by atoms with Gasteiger partial charge >= 0.3 is 5.97 Å². The van der Waals surface area contributed by atoms with E-state index in [2.05, 4.69) is 16.0 Å². The molecule has 0 spiro atoms. The summed E-state index contributed by atoms with van der Waals surface area (Å²) in [6, 6.07) is 22.6. The van der Waals surface area contributed by atoms with Crippen LogP contribution in [-0.4, -0.2) is 23.0 Å². The fourth-order valence-electron chi connectivity index (χ4n) is 3.27. The summed E-state index contributed by atoms with van der Waals surface area (Å²) in [6.45, 7) is 0. The van der Waals surface area contributed by atoms with E-state index in [4.69, 9.17) is 16.3 Å². The lowest BCUT2D eigenvalue weighted by molar-refractivity contribution is 0.0603. The van der Waals surface area contributed by atoms with Crippen LogP contribution in [0.3, 0.4) is 0 Å². The summed E-state index contributed by atoms with van der Waals surface area (Å²) in [6.07, 6.45) is 0. The lowest BCUT2D eigenvalue weighted by Crippen LogP contribution is -2.02. The molecule has 0 aliphatic heterocycles. The molecule has 0 radical (unpaired) electrons. The van der Waals surface area contributed by atoms with E-state index in [-0.39, 0.29) is 0 Å². The van der Waals surface area contributed by atoms with Gasteiger partial charge in [-0.1, -0.05) is 48.5 Å². The lowest BCUT2D eigenvalue weighted by atomic mass is 9.98. The average molecular weight is 402 g/mol. The highest BCUT2D eigenvalue weighted by Gasteiger charge is 2.19. The maximum atomic E-state index is 12.0. The first-order chi connectivity index (χ1) is 14.1. The third kappa shape index (κ3) is 3.46. The SMILES string of the molecule is COC(=O)c1cccc2[nH]c(C(Cl)c3ccc(-c4ccccc4C#N)cc3)nc12. The standard InChI is InChI=1S/C23H16ClN3O2/c1-29-23(28)18-7-4-8-19-21(18)27-22(26-19)20(24)15-11-9-14(10-12-15)17-6-3-2-5-16(17)13-25/h2-12,20H,1H3,(H,26,27). The molecule has 29 heavy (non-hydrogen) atoms. The fraction of sp³-hybridized carbons (Fsp3) is 0.0870. The van der Waals surface area contributed by atoms with Crippen LogP contribution in [0.5, 0.6) is 0 Å². The van der Waals surface area contributed by atoms with Crippen LogP contribution in [0.25, 0.3) is 22.2 Å². The lowest BCUT2D eigenvalue weighted by Gasteiger charge is -2.09. The van der Waals surface area contributed by atoms with Gasteiger partial charge in [-0.2, -0.15) is 5.26 Å². The Hall–Kier alpha value is -3.62. The number of imidazole rings is 1. The number of esters is 1. The predicted octanol–water partition coefficient (Wildman–Crippen LogP) is 5.22. The molecule has 1 unspecified atom stereocenters. The largest absolute Gasteiger partial charge is 0.465 e. The number of nitrogens with one attached hydrogen (secondary N) is 1. The van der Waals surface area contributed by atoms with E-state index in [1.54, 1.807) is 18.2 Å². The van der Waals surface area contributed by atoms with E-state index in [1.807, 2.05) is 48.5 Å². The second-order valence-corrected chi connectivity index (χ2v) is 6.89. The van der Waals surface area contributed by atoms with Crippen LogP contribution in [0.2, 0.25) is 0 Å². The molecule has 0 bridgehead atoms. The normalized spacial score (nSPS) is 11.8. The molecule has 0 fully saturated rings. The highest BCUT2D eigenvalue weighted by molar-refractivity contribution is 6.22. The van der Waals surface area contributed by atoms with Gasteiger partial charge < -0.3 is 9.72 Å². The van der Waals surface area contributed by atoms with Gasteiger partial charge in [-0.15, -0.1) is 11.6 Å². The van der Waals surface area contributed by atoms with E-state index in [0.717, 1.165) is 16.7 Å². The van der Waals surface area contributed by atoms with Crippen molar-refractivity contribution in [3.05, 3.63) is 89.2 Å². The number of nitrogens with zero attached hydrogens (tertiary/aromatic N) is 2. The van der Waals surface area contributed by atoms with E-state index in [9.17, 15) is 10.1 Å². The van der Waals surface area contributed by atoms with Crippen molar-refractivity contribution in [1.82, 2.24) is 9.97 Å². The maximum absolute atomic E-state index is 12.0. The minimum atomic E-state index is -0.520. The summed E-state index contributed by atoms with van der Waals surface area (Å²) >= 11 is 6.66. The number of benzene rings is 3. The van der Waals surface area contributed by atoms with Crippen LogP contribution in [-0.2, 0) is 4.74 Å². The highest BCUT2D eigenvalue weighted by atomic mass is 35.5. The van der Waals surface area contributed by atoms with Gasteiger partial charge in [0, 0.05) is 0 Å². The average Bonchev–Trinajstić information content (AvgIpc) is 3.22. The van der Waals surface area contributed by atoms with Gasteiger partial charge in [0.15, 0.2) is 0 Å². The molecule has 6 heteroatoms. The topological polar surface area (TPSA) is 78.8 Å². The van der Waals surface area contributed by atoms with Crippen molar-refractivity contribution in [2.24, 2.45) is 0 Å². The fourth-order valence-corrected chi connectivity index (χ4v) is 3.52. The summed E-state index contributed by atoms with van der Waals surface area (Å²) in [4.78, 5) is 19.7. The second kappa shape index (κ2) is 7.78. The van der Waals surface area contributed by atoms with Crippen molar-refractivity contribution in [2.75, 3.05) is 7.11 Å². The number of aromatic nitrogens is 2. The number of halogens is 1. The quantitative estimate of drug-likeness (QED) is 0.375. The Kier molecular flexibility index (Phi) is 5.03. The number of ether oxygens (including phenoxy) is 1. The number of aromatic amines is 1. The van der Waals surface area contributed by atoms with E-state index >= 15 is 0 Å². The second-order valence-electron chi connectivity index (χ2n) is 6.46. The van der Waals surface area contributed by atoms with Gasteiger partial charge in [-0.25, -0.2) is 9.78 Å². The minimum Gasteiger partial charge on any atom is -0.465 e. The Morgan fingerprint density at radius 3 is 2.59 bits per heavy atom. The van der Waals surface area contributed by atoms with Crippen LogP contribution in [0.15, 0.2) is 66.7 Å². The summed E-state index contributed by atoms with van der Waals surface area (Å²) < 4.78 is 4.82. The predicted molar refractivity (Wildman–Crippen MR) is 112 cm³/mol. The molecule has 1 atom stereocenters. The number of carbonyl (C=O) groups is 1. The molecule has 4 aromatic rings. The molecule has 0 amide bonds. The molecule has 0 saturated heterocycles. The maximum Gasteiger partial charge on any atom is 0.340 e. The van der Waals surface area contributed by atoms with Crippen molar-refractivity contribution in [3.8, 4) is 17.2 Å². The number of nitriles is 1. The Bertz CT molecular complexity index is 1240. The van der Waals surface area contributed by atoms with Crippen molar-refractivity contribution >= 4 is 28.6 Å². The van der Waals surface area contributed by atoms with Crippen LogP contribution < -0.4 is 0 Å². The Labute approximate surface area is 172 Å². The van der Waals surface area contributed by atoms with Crippen LogP contribution >= 0.6 is 11.6 Å². The van der Waals surface area contributed by atoms with E-state index < -0.39 is 11.3 Å². The van der Waals surface area contributed by atoms with Gasteiger partial charge in [-0.05, 0) is 34.9 Å². The third-order valence-electron chi connectivity index (χ3n) is 4.74. The van der Waals surface area contributed by atoms with Gasteiger partial charge in [0.1, 0.15) is 16.7 Å². The number of fused-ring (bicyclic) bond motifs is 1. The summed E-state index contributed by atoms with van der Waals surface area (Å²) in [5, 5.41) is 8.78. The van der Waals surface area contributed by atoms with Crippen molar-refractivity contribution in [3.63, 3.8) is 0 Å². The Morgan fingerprint density at radius 2 is 1.86 bits per heavy atom. The summed E-state index contributed by atoms with van der Waals surface area (Å²) in [7, 11) is 1.34. The molecule has 0 saturated carbocycles. The van der Waals surface area contributed by atoms with Gasteiger partial charge in [0.05, 0.1) is 29.8 Å².